The molecule has 1 rings (SSSR count). The van der Waals surface area contributed by atoms with E-state index < -0.39 is 0 Å². The van der Waals surface area contributed by atoms with E-state index in [0.717, 1.165) is 53.9 Å². The van der Waals surface area contributed by atoms with Crippen LogP contribution in [0.25, 0.3) is 0 Å². The second-order valence-electron chi connectivity index (χ2n) is 6.59. The minimum atomic E-state index is -0.0904. The highest BCUT2D eigenvalue weighted by molar-refractivity contribution is 5.69. The van der Waals surface area contributed by atoms with Crippen molar-refractivity contribution < 1.29 is 23.5 Å². The molecule has 0 bridgehead atoms. The lowest BCUT2D eigenvalue weighted by molar-refractivity contribution is -0.903. The molecular weight excluding hydrogens is 306 g/mol. The number of rotatable bonds is 11. The second-order valence-corrected chi connectivity index (χ2v) is 6.59. The zero-order valence-electron chi connectivity index (χ0n) is 15.8. The van der Waals surface area contributed by atoms with Gasteiger partial charge < -0.3 is 18.7 Å². The first kappa shape index (κ1) is 20.3. The maximum absolute atomic E-state index is 11.3. The van der Waals surface area contributed by atoms with Gasteiger partial charge in [0.05, 0.1) is 47.0 Å². The van der Waals surface area contributed by atoms with E-state index in [4.69, 9.17) is 14.2 Å². The Labute approximate surface area is 146 Å². The molecule has 0 atom stereocenters. The lowest BCUT2D eigenvalue weighted by Gasteiger charge is -2.30. The van der Waals surface area contributed by atoms with Crippen LogP contribution in [0.3, 0.4) is 0 Å². The van der Waals surface area contributed by atoms with Gasteiger partial charge in [-0.05, 0) is 38.3 Å². The summed E-state index contributed by atoms with van der Waals surface area (Å²) in [5, 5.41) is 0. The molecule has 5 heteroatoms. The predicted octanol–water partition coefficient (Wildman–Crippen LogP) is 3.40. The highest BCUT2D eigenvalue weighted by Gasteiger charge is 2.20. The third kappa shape index (κ3) is 6.79. The van der Waals surface area contributed by atoms with E-state index in [-0.39, 0.29) is 5.97 Å². The Morgan fingerprint density at radius 1 is 1.08 bits per heavy atom. The molecule has 0 amide bonds. The molecule has 0 aromatic heterocycles. The molecule has 1 aromatic carbocycles. The summed E-state index contributed by atoms with van der Waals surface area (Å²) in [6, 6.07) is 6.00. The van der Waals surface area contributed by atoms with Crippen molar-refractivity contribution in [2.75, 3.05) is 41.5 Å². The van der Waals surface area contributed by atoms with Crippen LogP contribution in [0.2, 0.25) is 0 Å². The van der Waals surface area contributed by atoms with E-state index in [0.29, 0.717) is 13.0 Å². The van der Waals surface area contributed by atoms with Gasteiger partial charge in [0.25, 0.3) is 0 Å². The van der Waals surface area contributed by atoms with Gasteiger partial charge in [0, 0.05) is 6.42 Å². The Morgan fingerprint density at radius 3 is 2.46 bits per heavy atom. The largest absolute Gasteiger partial charge is 0.493 e. The SMILES string of the molecule is CCOC(=O)CCCCC[N+](C)(C)Cc1cccc(OC)c1OC. The zero-order chi connectivity index (χ0) is 18.0. The number of para-hydroxylation sites is 1. The summed E-state index contributed by atoms with van der Waals surface area (Å²) in [5.74, 6) is 1.49. The minimum absolute atomic E-state index is 0.0904. The van der Waals surface area contributed by atoms with Crippen molar-refractivity contribution in [1.29, 1.82) is 0 Å². The lowest BCUT2D eigenvalue weighted by Crippen LogP contribution is -2.39. The highest BCUT2D eigenvalue weighted by atomic mass is 16.5. The van der Waals surface area contributed by atoms with Gasteiger partial charge in [0.15, 0.2) is 11.5 Å². The van der Waals surface area contributed by atoms with Crippen LogP contribution in [0.15, 0.2) is 18.2 Å². The maximum Gasteiger partial charge on any atom is 0.305 e. The summed E-state index contributed by atoms with van der Waals surface area (Å²) in [5.41, 5.74) is 1.15. The van der Waals surface area contributed by atoms with Crippen LogP contribution >= 0.6 is 0 Å². The van der Waals surface area contributed by atoms with Crippen LogP contribution in [-0.4, -0.2) is 51.9 Å². The van der Waals surface area contributed by atoms with E-state index in [2.05, 4.69) is 20.2 Å². The van der Waals surface area contributed by atoms with Crippen LogP contribution in [0.5, 0.6) is 11.5 Å². The van der Waals surface area contributed by atoms with E-state index in [1.165, 1.54) is 0 Å². The molecule has 0 heterocycles. The quantitative estimate of drug-likeness (QED) is 0.352. The lowest BCUT2D eigenvalue weighted by atomic mass is 10.1. The number of hydrogen-bond donors (Lipinski definition) is 0. The second kappa shape index (κ2) is 10.2. The van der Waals surface area contributed by atoms with E-state index in [9.17, 15) is 4.79 Å². The summed E-state index contributed by atoms with van der Waals surface area (Å²) in [6.07, 6.45) is 3.53. The van der Waals surface area contributed by atoms with Gasteiger partial charge in [-0.3, -0.25) is 4.79 Å². The molecule has 0 spiro atoms. The smallest absolute Gasteiger partial charge is 0.305 e. The molecule has 0 unspecified atom stereocenters. The summed E-state index contributed by atoms with van der Waals surface area (Å²) >= 11 is 0. The number of nitrogens with zero attached hydrogens (tertiary/aromatic N) is 1. The molecule has 0 saturated carbocycles. The fourth-order valence-electron chi connectivity index (χ4n) is 2.84. The third-order valence-corrected chi connectivity index (χ3v) is 4.03. The standard InChI is InChI=1S/C19H32NO4/c1-6-24-18(21)13-8-7-9-14-20(2,3)15-16-11-10-12-17(22-4)19(16)23-5/h10-12H,6-9,13-15H2,1-5H3/q+1. The van der Waals surface area contributed by atoms with Crippen molar-refractivity contribution in [3.05, 3.63) is 23.8 Å². The Kier molecular flexibility index (Phi) is 8.61. The Morgan fingerprint density at radius 2 is 1.83 bits per heavy atom. The predicted molar refractivity (Wildman–Crippen MR) is 95.3 cm³/mol. The zero-order valence-corrected chi connectivity index (χ0v) is 15.8. The molecule has 0 N–H and O–H groups in total. The normalized spacial score (nSPS) is 11.2. The van der Waals surface area contributed by atoms with Crippen LogP contribution in [-0.2, 0) is 16.1 Å². The fourth-order valence-corrected chi connectivity index (χ4v) is 2.84. The first-order chi connectivity index (χ1) is 11.4. The Bertz CT molecular complexity index is 514. The average Bonchev–Trinajstić information content (AvgIpc) is 2.54. The van der Waals surface area contributed by atoms with Crippen molar-refractivity contribution in [2.45, 2.75) is 39.2 Å². The van der Waals surface area contributed by atoms with Crippen molar-refractivity contribution in [3.8, 4) is 11.5 Å². The number of benzene rings is 1. The molecular formula is C19H32NO4+. The molecule has 1 aromatic rings. The van der Waals surface area contributed by atoms with Gasteiger partial charge >= 0.3 is 5.97 Å². The molecule has 24 heavy (non-hydrogen) atoms. The van der Waals surface area contributed by atoms with Gasteiger partial charge in [0.2, 0.25) is 0 Å². The monoisotopic (exact) mass is 338 g/mol. The number of methoxy groups -OCH3 is 2. The van der Waals surface area contributed by atoms with Crippen molar-refractivity contribution in [2.24, 2.45) is 0 Å². The maximum atomic E-state index is 11.3. The number of quaternary nitrogens is 1. The van der Waals surface area contributed by atoms with Gasteiger partial charge in [0.1, 0.15) is 6.54 Å². The van der Waals surface area contributed by atoms with Crippen molar-refractivity contribution in [3.63, 3.8) is 0 Å². The van der Waals surface area contributed by atoms with Crippen molar-refractivity contribution >= 4 is 5.97 Å². The average molecular weight is 338 g/mol. The number of esters is 1. The molecule has 0 aliphatic rings. The first-order valence-electron chi connectivity index (χ1n) is 8.61. The highest BCUT2D eigenvalue weighted by Crippen LogP contribution is 2.32. The minimum Gasteiger partial charge on any atom is -0.493 e. The summed E-state index contributed by atoms with van der Waals surface area (Å²) < 4.78 is 16.7. The third-order valence-electron chi connectivity index (χ3n) is 4.03. The molecule has 0 fully saturated rings. The van der Waals surface area contributed by atoms with Gasteiger partial charge in [-0.1, -0.05) is 6.07 Å². The van der Waals surface area contributed by atoms with Crippen LogP contribution in [0.1, 0.15) is 38.2 Å². The topological polar surface area (TPSA) is 44.8 Å². The van der Waals surface area contributed by atoms with Gasteiger partial charge in [-0.15, -0.1) is 0 Å². The van der Waals surface area contributed by atoms with E-state index >= 15 is 0 Å². The summed E-state index contributed by atoms with van der Waals surface area (Å²) in [4.78, 5) is 11.3. The molecule has 5 nitrogen and oxygen atoms in total. The Hall–Kier alpha value is -1.75. The Balaban J connectivity index is 2.48. The fraction of sp³-hybridized carbons (Fsp3) is 0.632. The van der Waals surface area contributed by atoms with Crippen LogP contribution in [0.4, 0.5) is 0 Å². The number of carbonyl (C=O) groups is 1. The molecule has 0 saturated heterocycles. The number of hydrogen-bond acceptors (Lipinski definition) is 4. The number of unbranched alkanes of at least 4 members (excludes halogenated alkanes) is 2. The summed E-state index contributed by atoms with van der Waals surface area (Å²) in [7, 11) is 7.76. The molecule has 136 valence electrons. The van der Waals surface area contributed by atoms with Crippen LogP contribution in [0, 0.1) is 0 Å². The van der Waals surface area contributed by atoms with Crippen molar-refractivity contribution in [1.82, 2.24) is 0 Å². The number of carbonyl (C=O) groups excluding carboxylic acids is 1. The number of ether oxygens (including phenoxy) is 3. The van der Waals surface area contributed by atoms with Gasteiger partial charge in [-0.2, -0.15) is 0 Å². The first-order valence-corrected chi connectivity index (χ1v) is 8.61. The van der Waals surface area contributed by atoms with E-state index in [1.54, 1.807) is 14.2 Å². The van der Waals surface area contributed by atoms with E-state index in [1.807, 2.05) is 19.1 Å². The molecule has 0 aliphatic carbocycles. The van der Waals surface area contributed by atoms with Gasteiger partial charge in [-0.25, -0.2) is 0 Å². The van der Waals surface area contributed by atoms with Crippen LogP contribution < -0.4 is 9.47 Å². The summed E-state index contributed by atoms with van der Waals surface area (Å²) in [6.45, 7) is 4.22. The molecule has 0 radical (unpaired) electrons. The molecule has 0 aliphatic heterocycles.